The number of hydrogen-bond donors (Lipinski definition) is 4. The van der Waals surface area contributed by atoms with E-state index in [0.29, 0.717) is 44.6 Å². The number of ether oxygens (including phenoxy) is 2. The molecule has 2 aliphatic heterocycles. The topological polar surface area (TPSA) is 101 Å². The molecule has 0 bridgehead atoms. The van der Waals surface area contributed by atoms with E-state index in [0.717, 1.165) is 68.7 Å². The number of carbonyl (C=O) groups is 2. The molecule has 4 N–H and O–H groups in total. The molecule has 9 heteroatoms. The Morgan fingerprint density at radius 3 is 2.51 bits per heavy atom. The summed E-state index contributed by atoms with van der Waals surface area (Å²) in [4.78, 5) is 23.4. The summed E-state index contributed by atoms with van der Waals surface area (Å²) in [5.74, 6) is 10.2. The van der Waals surface area contributed by atoms with Gasteiger partial charge < -0.3 is 30.7 Å². The van der Waals surface area contributed by atoms with Crippen molar-refractivity contribution < 1.29 is 19.1 Å². The van der Waals surface area contributed by atoms with E-state index >= 15 is 0 Å². The molecule has 3 fully saturated rings. The predicted octanol–water partition coefficient (Wildman–Crippen LogP) is 1.89. The van der Waals surface area contributed by atoms with Gasteiger partial charge in [-0.3, -0.25) is 4.79 Å². The maximum Gasteiger partial charge on any atom is 0.315 e. The fourth-order valence-electron chi connectivity index (χ4n) is 5.70. The Kier molecular flexibility index (Phi) is 10.9. The molecular weight excluding hydrogens is 464 g/mol. The summed E-state index contributed by atoms with van der Waals surface area (Å²) in [6.07, 6.45) is 8.17. The molecule has 8 nitrogen and oxygen atoms in total. The summed E-state index contributed by atoms with van der Waals surface area (Å²) >= 11 is 1.92. The average molecular weight is 507 g/mol. The van der Waals surface area contributed by atoms with Crippen LogP contribution >= 0.6 is 11.8 Å². The van der Waals surface area contributed by atoms with Crippen LogP contribution in [0.2, 0.25) is 0 Å². The molecule has 2 saturated heterocycles. The molecule has 35 heavy (non-hydrogen) atoms. The first kappa shape index (κ1) is 26.6. The van der Waals surface area contributed by atoms with Gasteiger partial charge in [0.25, 0.3) is 0 Å². The van der Waals surface area contributed by atoms with Gasteiger partial charge in [0.05, 0.1) is 38.5 Å². The number of amides is 3. The van der Waals surface area contributed by atoms with Crippen molar-refractivity contribution in [1.82, 2.24) is 21.3 Å². The molecule has 2 heterocycles. The van der Waals surface area contributed by atoms with Gasteiger partial charge in [0, 0.05) is 43.4 Å². The maximum absolute atomic E-state index is 12.0. The van der Waals surface area contributed by atoms with Crippen molar-refractivity contribution in [3.05, 3.63) is 0 Å². The highest BCUT2D eigenvalue weighted by molar-refractivity contribution is 8.00. The molecule has 1 unspecified atom stereocenters. The van der Waals surface area contributed by atoms with Crippen LogP contribution in [0.5, 0.6) is 0 Å². The first-order valence-electron chi connectivity index (χ1n) is 13.5. The minimum atomic E-state index is -0.0430. The van der Waals surface area contributed by atoms with E-state index in [1.165, 1.54) is 12.8 Å². The maximum atomic E-state index is 12.0. The van der Waals surface area contributed by atoms with Crippen LogP contribution in [0, 0.1) is 29.6 Å². The number of fused-ring (bicyclic) bond motifs is 2. The second-order valence-corrected chi connectivity index (χ2v) is 11.3. The third kappa shape index (κ3) is 8.56. The van der Waals surface area contributed by atoms with Crippen molar-refractivity contribution in [3.63, 3.8) is 0 Å². The molecule has 0 radical (unpaired) electrons. The zero-order valence-corrected chi connectivity index (χ0v) is 21.6. The number of urea groups is 1. The zero-order chi connectivity index (χ0) is 24.3. The molecule has 1 saturated carbocycles. The molecule has 4 aliphatic rings. The van der Waals surface area contributed by atoms with Gasteiger partial charge in [-0.25, -0.2) is 4.79 Å². The lowest BCUT2D eigenvalue weighted by Gasteiger charge is -2.16. The van der Waals surface area contributed by atoms with E-state index in [2.05, 4.69) is 33.1 Å². The number of carbonyl (C=O) groups excluding carboxylic acids is 2. The monoisotopic (exact) mass is 506 g/mol. The highest BCUT2D eigenvalue weighted by Crippen LogP contribution is 2.51. The van der Waals surface area contributed by atoms with Gasteiger partial charge in [-0.2, -0.15) is 11.8 Å². The lowest BCUT2D eigenvalue weighted by Crippen LogP contribution is -2.36. The summed E-state index contributed by atoms with van der Waals surface area (Å²) in [5.41, 5.74) is 0. The summed E-state index contributed by atoms with van der Waals surface area (Å²) in [7, 11) is 0. The van der Waals surface area contributed by atoms with Crippen LogP contribution in [-0.4, -0.2) is 81.1 Å². The van der Waals surface area contributed by atoms with Gasteiger partial charge in [0.1, 0.15) is 0 Å². The average Bonchev–Trinajstić information content (AvgIpc) is 3.10. The van der Waals surface area contributed by atoms with E-state index in [1.54, 1.807) is 0 Å². The second-order valence-electron chi connectivity index (χ2n) is 10.1. The largest absolute Gasteiger partial charge is 0.378 e. The van der Waals surface area contributed by atoms with Crippen molar-refractivity contribution in [2.75, 3.05) is 51.8 Å². The number of nitrogens with one attached hydrogen (secondary N) is 4. The van der Waals surface area contributed by atoms with Crippen molar-refractivity contribution >= 4 is 23.7 Å². The van der Waals surface area contributed by atoms with Crippen LogP contribution in [0.15, 0.2) is 0 Å². The van der Waals surface area contributed by atoms with Gasteiger partial charge in [-0.1, -0.05) is 6.42 Å². The summed E-state index contributed by atoms with van der Waals surface area (Å²) in [5, 5.41) is 12.9. The molecule has 0 aromatic carbocycles. The minimum absolute atomic E-state index is 0.0430. The summed E-state index contributed by atoms with van der Waals surface area (Å²) in [6.45, 7) is 4.87. The van der Waals surface area contributed by atoms with E-state index in [1.807, 2.05) is 11.8 Å². The standard InChI is InChI=1S/C26H42N4O4S/c31-24(10-6-5-9-23-25-22(18-35-23)29-26(32)30-25)28-12-14-34-16-15-33-13-11-27-17-21-19-7-3-1-2-4-8-20(19)21/h19-23,25,27H,3-18H2,(H,28,31)(H2,29,30,32)/t19-,20+,21?,22-,23-,25-/m0/s1. The number of thioether (sulfide) groups is 1. The fourth-order valence-corrected chi connectivity index (χ4v) is 7.24. The van der Waals surface area contributed by atoms with Gasteiger partial charge in [-0.05, 0) is 50.0 Å². The quantitative estimate of drug-likeness (QED) is 0.145. The second kappa shape index (κ2) is 14.3. The molecule has 0 aromatic rings. The van der Waals surface area contributed by atoms with Gasteiger partial charge in [-0.15, -0.1) is 11.8 Å². The Bertz CT molecular complexity index is 739. The Balaban J connectivity index is 0.883. The summed E-state index contributed by atoms with van der Waals surface area (Å²) < 4.78 is 11.2. The number of hydrogen-bond acceptors (Lipinski definition) is 6. The van der Waals surface area contributed by atoms with Crippen molar-refractivity contribution in [3.8, 4) is 11.8 Å². The van der Waals surface area contributed by atoms with E-state index in [4.69, 9.17) is 9.47 Å². The van der Waals surface area contributed by atoms with Crippen LogP contribution in [-0.2, 0) is 14.3 Å². The first-order valence-corrected chi connectivity index (χ1v) is 14.5. The SMILES string of the molecule is O=C(CCCC[C@@H]1SC[C@@H]2NC(=O)N[C@@H]21)NCCOCCOCCNCC1[C@H]2CCC#CCC[C@@H]12. The fraction of sp³-hybridized carbons (Fsp3) is 0.846. The van der Waals surface area contributed by atoms with Crippen LogP contribution in [0.4, 0.5) is 4.79 Å². The molecule has 0 aromatic heterocycles. The Labute approximate surface area is 214 Å². The molecule has 4 rings (SSSR count). The normalized spacial score (nSPS) is 30.7. The van der Waals surface area contributed by atoms with E-state index in [-0.39, 0.29) is 24.0 Å². The lowest BCUT2D eigenvalue weighted by molar-refractivity contribution is -0.121. The number of unbranched alkanes of at least 4 members (excludes halogenated alkanes) is 1. The van der Waals surface area contributed by atoms with Crippen molar-refractivity contribution in [1.29, 1.82) is 0 Å². The van der Waals surface area contributed by atoms with Crippen LogP contribution in [0.1, 0.15) is 51.4 Å². The third-order valence-electron chi connectivity index (χ3n) is 7.66. The highest BCUT2D eigenvalue weighted by atomic mass is 32.2. The van der Waals surface area contributed by atoms with E-state index < -0.39 is 0 Å². The molecule has 3 amide bonds. The van der Waals surface area contributed by atoms with Gasteiger partial charge in [0.15, 0.2) is 0 Å². The van der Waals surface area contributed by atoms with Gasteiger partial charge >= 0.3 is 6.03 Å². The highest BCUT2D eigenvalue weighted by Gasteiger charge is 2.48. The Morgan fingerprint density at radius 1 is 1.00 bits per heavy atom. The van der Waals surface area contributed by atoms with Crippen LogP contribution < -0.4 is 21.3 Å². The van der Waals surface area contributed by atoms with Crippen LogP contribution in [0.3, 0.4) is 0 Å². The molecule has 196 valence electrons. The predicted molar refractivity (Wildman–Crippen MR) is 138 cm³/mol. The molecule has 6 atom stereocenters. The first-order chi connectivity index (χ1) is 17.2. The molecule has 2 aliphatic carbocycles. The minimum Gasteiger partial charge on any atom is -0.378 e. The third-order valence-corrected chi connectivity index (χ3v) is 9.17. The van der Waals surface area contributed by atoms with Gasteiger partial charge in [0.2, 0.25) is 5.91 Å². The van der Waals surface area contributed by atoms with Crippen molar-refractivity contribution in [2.45, 2.75) is 68.7 Å². The van der Waals surface area contributed by atoms with Crippen LogP contribution in [0.25, 0.3) is 0 Å². The van der Waals surface area contributed by atoms with E-state index in [9.17, 15) is 9.59 Å². The number of rotatable bonds is 16. The lowest BCUT2D eigenvalue weighted by atomic mass is 10.0. The molecular formula is C26H42N4O4S. The Hall–Kier alpha value is -1.47. The smallest absolute Gasteiger partial charge is 0.315 e. The Morgan fingerprint density at radius 2 is 1.74 bits per heavy atom. The van der Waals surface area contributed by atoms with Crippen molar-refractivity contribution in [2.24, 2.45) is 17.8 Å². The molecule has 0 spiro atoms. The zero-order valence-electron chi connectivity index (χ0n) is 20.8. The summed E-state index contributed by atoms with van der Waals surface area (Å²) in [6, 6.07) is 0.472.